The molecular formula is C20H22N2O4. The van der Waals surface area contributed by atoms with Gasteiger partial charge in [-0.25, -0.2) is 0 Å². The van der Waals surface area contributed by atoms with Gasteiger partial charge in [0, 0.05) is 31.6 Å². The predicted octanol–water partition coefficient (Wildman–Crippen LogP) is 2.28. The number of amides is 2. The molecule has 1 aliphatic rings. The summed E-state index contributed by atoms with van der Waals surface area (Å²) in [5, 5.41) is 13.9. The van der Waals surface area contributed by atoms with E-state index in [0.717, 1.165) is 10.8 Å². The zero-order valence-corrected chi connectivity index (χ0v) is 14.5. The quantitative estimate of drug-likeness (QED) is 0.862. The lowest BCUT2D eigenvalue weighted by Crippen LogP contribution is -2.43. The number of nitrogens with one attached hydrogen (secondary N) is 1. The molecule has 1 aliphatic heterocycles. The average molecular weight is 354 g/mol. The first-order chi connectivity index (χ1) is 12.5. The largest absolute Gasteiger partial charge is 0.481 e. The number of hydrogen-bond donors (Lipinski definition) is 2. The van der Waals surface area contributed by atoms with E-state index in [1.54, 1.807) is 11.0 Å². The minimum atomic E-state index is -0.855. The van der Waals surface area contributed by atoms with E-state index in [1.807, 2.05) is 36.4 Å². The molecule has 2 aromatic rings. The van der Waals surface area contributed by atoms with E-state index >= 15 is 0 Å². The molecule has 0 radical (unpaired) electrons. The zero-order chi connectivity index (χ0) is 18.5. The number of fused-ring (bicyclic) bond motifs is 1. The fourth-order valence-corrected chi connectivity index (χ4v) is 3.28. The van der Waals surface area contributed by atoms with Gasteiger partial charge in [0.1, 0.15) is 0 Å². The molecular weight excluding hydrogens is 332 g/mol. The average Bonchev–Trinajstić information content (AvgIpc) is 2.67. The van der Waals surface area contributed by atoms with Crippen molar-refractivity contribution in [3.63, 3.8) is 0 Å². The van der Waals surface area contributed by atoms with E-state index in [4.69, 9.17) is 5.11 Å². The van der Waals surface area contributed by atoms with Crippen LogP contribution >= 0.6 is 0 Å². The number of carbonyl (C=O) groups is 3. The van der Waals surface area contributed by atoms with E-state index in [1.165, 1.54) is 0 Å². The third kappa shape index (κ3) is 4.20. The van der Waals surface area contributed by atoms with Crippen LogP contribution in [0.15, 0.2) is 42.5 Å². The maximum atomic E-state index is 12.3. The summed E-state index contributed by atoms with van der Waals surface area (Å²) in [5.41, 5.74) is 0.556. The lowest BCUT2D eigenvalue weighted by atomic mass is 9.98. The van der Waals surface area contributed by atoms with Crippen LogP contribution in [0.3, 0.4) is 0 Å². The second-order valence-electron chi connectivity index (χ2n) is 6.58. The second-order valence-corrected chi connectivity index (χ2v) is 6.58. The minimum Gasteiger partial charge on any atom is -0.481 e. The van der Waals surface area contributed by atoms with Crippen LogP contribution in [0.25, 0.3) is 10.8 Å². The van der Waals surface area contributed by atoms with Crippen LogP contribution < -0.4 is 5.32 Å². The third-order valence-corrected chi connectivity index (χ3v) is 4.76. The summed E-state index contributed by atoms with van der Waals surface area (Å²) in [7, 11) is 0. The van der Waals surface area contributed by atoms with Gasteiger partial charge >= 0.3 is 5.97 Å². The molecule has 1 fully saturated rings. The molecule has 1 unspecified atom stereocenters. The number of nitrogens with zero attached hydrogens (tertiary/aromatic N) is 1. The molecule has 2 N–H and O–H groups in total. The smallest absolute Gasteiger partial charge is 0.308 e. The van der Waals surface area contributed by atoms with Crippen LogP contribution in [-0.2, 0) is 9.59 Å². The van der Waals surface area contributed by atoms with Crippen LogP contribution in [0.2, 0.25) is 0 Å². The summed E-state index contributed by atoms with van der Waals surface area (Å²) in [5.74, 6) is -1.67. The highest BCUT2D eigenvalue weighted by Crippen LogP contribution is 2.17. The first-order valence-corrected chi connectivity index (χ1v) is 8.82. The Hall–Kier alpha value is -2.89. The summed E-state index contributed by atoms with van der Waals surface area (Å²) in [6.45, 7) is 1.08. The lowest BCUT2D eigenvalue weighted by molar-refractivity contribution is -0.145. The normalized spacial score (nSPS) is 17.1. The van der Waals surface area contributed by atoms with E-state index in [-0.39, 0.29) is 31.3 Å². The Labute approximate surface area is 151 Å². The Morgan fingerprint density at radius 1 is 1.12 bits per heavy atom. The van der Waals surface area contributed by atoms with Crippen molar-refractivity contribution in [3.05, 3.63) is 48.0 Å². The second kappa shape index (κ2) is 7.99. The Kier molecular flexibility index (Phi) is 5.51. The number of benzene rings is 2. The van der Waals surface area contributed by atoms with Gasteiger partial charge < -0.3 is 15.3 Å². The number of hydrogen-bond acceptors (Lipinski definition) is 3. The molecule has 2 amide bonds. The molecule has 1 heterocycles. The third-order valence-electron chi connectivity index (χ3n) is 4.76. The van der Waals surface area contributed by atoms with Gasteiger partial charge in [0.2, 0.25) is 5.91 Å². The van der Waals surface area contributed by atoms with Crippen LogP contribution in [0.4, 0.5) is 0 Å². The van der Waals surface area contributed by atoms with Crippen molar-refractivity contribution < 1.29 is 19.5 Å². The molecule has 0 saturated carbocycles. The monoisotopic (exact) mass is 354 g/mol. The first-order valence-electron chi connectivity index (χ1n) is 8.82. The van der Waals surface area contributed by atoms with E-state index in [9.17, 15) is 14.4 Å². The number of carboxylic acid groups (broad SMARTS) is 1. The molecule has 0 bridgehead atoms. The van der Waals surface area contributed by atoms with Crippen molar-refractivity contribution in [2.24, 2.45) is 5.92 Å². The number of aliphatic carboxylic acids is 1. The molecule has 6 heteroatoms. The van der Waals surface area contributed by atoms with E-state index in [0.29, 0.717) is 24.9 Å². The molecule has 0 aromatic heterocycles. The molecule has 1 atom stereocenters. The highest BCUT2D eigenvalue weighted by atomic mass is 16.4. The highest BCUT2D eigenvalue weighted by molar-refractivity contribution is 5.98. The van der Waals surface area contributed by atoms with Gasteiger partial charge in [-0.15, -0.1) is 0 Å². The molecule has 136 valence electrons. The summed E-state index contributed by atoms with van der Waals surface area (Å²) in [6, 6.07) is 13.3. The summed E-state index contributed by atoms with van der Waals surface area (Å²) in [6.07, 6.45) is 1.48. The van der Waals surface area contributed by atoms with Gasteiger partial charge in [0.15, 0.2) is 0 Å². The summed E-state index contributed by atoms with van der Waals surface area (Å²) >= 11 is 0. The maximum Gasteiger partial charge on any atom is 0.308 e. The Morgan fingerprint density at radius 2 is 1.88 bits per heavy atom. The molecule has 3 rings (SSSR count). The van der Waals surface area contributed by atoms with Crippen molar-refractivity contribution >= 4 is 28.6 Å². The van der Waals surface area contributed by atoms with Crippen molar-refractivity contribution in [1.82, 2.24) is 10.2 Å². The van der Waals surface area contributed by atoms with Crippen molar-refractivity contribution in [2.75, 3.05) is 19.6 Å². The van der Waals surface area contributed by atoms with Crippen molar-refractivity contribution in [2.45, 2.75) is 19.3 Å². The topological polar surface area (TPSA) is 86.7 Å². The van der Waals surface area contributed by atoms with Crippen molar-refractivity contribution in [3.8, 4) is 0 Å². The fraction of sp³-hybridized carbons (Fsp3) is 0.350. The fourth-order valence-electron chi connectivity index (χ4n) is 3.28. The summed E-state index contributed by atoms with van der Waals surface area (Å²) in [4.78, 5) is 37.2. The maximum absolute atomic E-state index is 12.3. The Balaban J connectivity index is 1.51. The number of piperidine rings is 1. The molecule has 26 heavy (non-hydrogen) atoms. The number of carbonyl (C=O) groups excluding carboxylic acids is 2. The molecule has 0 aliphatic carbocycles. The Morgan fingerprint density at radius 3 is 2.65 bits per heavy atom. The van der Waals surface area contributed by atoms with E-state index < -0.39 is 11.9 Å². The van der Waals surface area contributed by atoms with Gasteiger partial charge in [-0.3, -0.25) is 14.4 Å². The number of likely N-dealkylation sites (tertiary alicyclic amines) is 1. The minimum absolute atomic E-state index is 0.116. The molecule has 1 saturated heterocycles. The van der Waals surface area contributed by atoms with E-state index in [2.05, 4.69) is 5.32 Å². The van der Waals surface area contributed by atoms with Crippen molar-refractivity contribution in [1.29, 1.82) is 0 Å². The van der Waals surface area contributed by atoms with Crippen LogP contribution in [-0.4, -0.2) is 47.4 Å². The highest BCUT2D eigenvalue weighted by Gasteiger charge is 2.27. The van der Waals surface area contributed by atoms with Crippen LogP contribution in [0.5, 0.6) is 0 Å². The van der Waals surface area contributed by atoms with Gasteiger partial charge in [-0.1, -0.05) is 30.3 Å². The lowest BCUT2D eigenvalue weighted by Gasteiger charge is -2.30. The standard InChI is InChI=1S/C20H22N2O4/c23-18(22-11-3-6-17(13-22)20(25)26)9-10-21-19(24)16-8-7-14-4-1-2-5-15(14)12-16/h1-2,4-5,7-8,12,17H,3,6,9-11,13H2,(H,21,24)(H,25,26). The summed E-state index contributed by atoms with van der Waals surface area (Å²) < 4.78 is 0. The number of carboxylic acids is 1. The van der Waals surface area contributed by atoms with Gasteiger partial charge in [-0.05, 0) is 35.7 Å². The van der Waals surface area contributed by atoms with Gasteiger partial charge in [-0.2, -0.15) is 0 Å². The van der Waals surface area contributed by atoms with Gasteiger partial charge in [0.05, 0.1) is 5.92 Å². The molecule has 0 spiro atoms. The zero-order valence-electron chi connectivity index (χ0n) is 14.5. The first kappa shape index (κ1) is 17.9. The number of rotatable bonds is 5. The molecule has 6 nitrogen and oxygen atoms in total. The van der Waals surface area contributed by atoms with Crippen LogP contribution in [0, 0.1) is 5.92 Å². The Bertz CT molecular complexity index is 833. The SMILES string of the molecule is O=C(NCCC(=O)N1CCCC(C(=O)O)C1)c1ccc2ccccc2c1. The predicted molar refractivity (Wildman–Crippen MR) is 97.8 cm³/mol. The van der Waals surface area contributed by atoms with Crippen LogP contribution in [0.1, 0.15) is 29.6 Å². The van der Waals surface area contributed by atoms with Gasteiger partial charge in [0.25, 0.3) is 5.91 Å². The molecule has 2 aromatic carbocycles.